The number of carbonyl (C=O) groups excluding carboxylic acids is 1. The van der Waals surface area contributed by atoms with Crippen LogP contribution in [0.2, 0.25) is 0 Å². The molecular weight excluding hydrogens is 190 g/mol. The summed E-state index contributed by atoms with van der Waals surface area (Å²) in [4.78, 5) is 14.0. The molecule has 0 bridgehead atoms. The second-order valence-corrected chi connectivity index (χ2v) is 4.88. The molecule has 1 rings (SSSR count). The maximum atomic E-state index is 11.7. The van der Waals surface area contributed by atoms with Gasteiger partial charge in [0.1, 0.15) is 0 Å². The zero-order valence-electron chi connectivity index (χ0n) is 9.99. The number of carbonyl (C=O) groups is 1. The highest BCUT2D eigenvalue weighted by Crippen LogP contribution is 2.08. The Hall–Kier alpha value is -0.610. The highest BCUT2D eigenvalue weighted by Gasteiger charge is 2.23. The van der Waals surface area contributed by atoms with Crippen LogP contribution in [0, 0.1) is 5.92 Å². The molecule has 88 valence electrons. The van der Waals surface area contributed by atoms with E-state index < -0.39 is 0 Å². The molecule has 2 atom stereocenters. The summed E-state index contributed by atoms with van der Waals surface area (Å²) in [6.07, 6.45) is 2.22. The number of nitrogens with one attached hydrogen (secondary N) is 1. The number of rotatable bonds is 3. The van der Waals surface area contributed by atoms with Gasteiger partial charge in [0.2, 0.25) is 5.91 Å². The van der Waals surface area contributed by atoms with E-state index in [9.17, 15) is 4.79 Å². The Morgan fingerprint density at radius 1 is 1.53 bits per heavy atom. The molecule has 0 aliphatic carbocycles. The van der Waals surface area contributed by atoms with Crippen molar-refractivity contribution in [1.29, 1.82) is 0 Å². The smallest absolute Gasteiger partial charge is 0.237 e. The molecule has 1 saturated heterocycles. The first-order valence-electron chi connectivity index (χ1n) is 5.75. The minimum atomic E-state index is -0.378. The van der Waals surface area contributed by atoms with Crippen molar-refractivity contribution in [1.82, 2.24) is 10.2 Å². The van der Waals surface area contributed by atoms with Gasteiger partial charge in [-0.25, -0.2) is 0 Å². The van der Waals surface area contributed by atoms with Gasteiger partial charge in [-0.1, -0.05) is 13.8 Å². The first kappa shape index (κ1) is 12.5. The van der Waals surface area contributed by atoms with Gasteiger partial charge in [0, 0.05) is 12.6 Å². The number of likely N-dealkylation sites (N-methyl/N-ethyl adjacent to an activating group) is 1. The lowest BCUT2D eigenvalue weighted by Crippen LogP contribution is -2.52. The van der Waals surface area contributed by atoms with Gasteiger partial charge in [-0.05, 0) is 32.4 Å². The number of likely N-dealkylation sites (tertiary alicyclic amines) is 1. The van der Waals surface area contributed by atoms with Crippen molar-refractivity contribution in [2.75, 3.05) is 20.1 Å². The van der Waals surface area contributed by atoms with Crippen molar-refractivity contribution in [3.8, 4) is 0 Å². The average molecular weight is 213 g/mol. The minimum absolute atomic E-state index is 0.00898. The Kier molecular flexibility index (Phi) is 4.54. The first-order chi connectivity index (χ1) is 7.00. The van der Waals surface area contributed by atoms with Crippen LogP contribution in [0.4, 0.5) is 0 Å². The molecule has 1 aliphatic rings. The summed E-state index contributed by atoms with van der Waals surface area (Å²) in [6.45, 7) is 6.01. The minimum Gasteiger partial charge on any atom is -0.351 e. The molecule has 0 aromatic rings. The average Bonchev–Trinajstić information content (AvgIpc) is 2.16. The van der Waals surface area contributed by atoms with Gasteiger partial charge < -0.3 is 16.0 Å². The normalized spacial score (nSPS) is 25.3. The van der Waals surface area contributed by atoms with E-state index in [1.54, 1.807) is 0 Å². The molecule has 0 saturated carbocycles. The molecule has 1 aliphatic heterocycles. The molecule has 1 amide bonds. The summed E-state index contributed by atoms with van der Waals surface area (Å²) < 4.78 is 0. The number of amides is 1. The van der Waals surface area contributed by atoms with E-state index in [1.165, 1.54) is 0 Å². The van der Waals surface area contributed by atoms with Crippen molar-refractivity contribution in [3.63, 3.8) is 0 Å². The molecule has 3 N–H and O–H groups in total. The SMILES string of the molecule is CC(C)[C@H](N)C(=O)N[C@@H]1CCCN(C)C1. The molecule has 4 nitrogen and oxygen atoms in total. The van der Waals surface area contributed by atoms with E-state index in [0.29, 0.717) is 0 Å². The van der Waals surface area contributed by atoms with Crippen LogP contribution < -0.4 is 11.1 Å². The van der Waals surface area contributed by atoms with E-state index in [1.807, 2.05) is 13.8 Å². The van der Waals surface area contributed by atoms with Crippen molar-refractivity contribution < 1.29 is 4.79 Å². The van der Waals surface area contributed by atoms with E-state index in [0.717, 1.165) is 25.9 Å². The van der Waals surface area contributed by atoms with E-state index in [2.05, 4.69) is 17.3 Å². The Balaban J connectivity index is 2.37. The molecular formula is C11H23N3O. The maximum Gasteiger partial charge on any atom is 0.237 e. The lowest BCUT2D eigenvalue weighted by Gasteiger charge is -2.31. The van der Waals surface area contributed by atoms with Gasteiger partial charge in [0.05, 0.1) is 6.04 Å². The molecule has 0 unspecified atom stereocenters. The summed E-state index contributed by atoms with van der Waals surface area (Å²) in [5.41, 5.74) is 5.79. The van der Waals surface area contributed by atoms with Crippen LogP contribution in [-0.4, -0.2) is 43.0 Å². The second-order valence-electron chi connectivity index (χ2n) is 4.88. The third-order valence-corrected chi connectivity index (χ3v) is 2.99. The molecule has 0 spiro atoms. The van der Waals surface area contributed by atoms with Gasteiger partial charge in [-0.2, -0.15) is 0 Å². The summed E-state index contributed by atoms with van der Waals surface area (Å²) >= 11 is 0. The number of hydrogen-bond donors (Lipinski definition) is 2. The largest absolute Gasteiger partial charge is 0.351 e. The van der Waals surface area contributed by atoms with Crippen LogP contribution in [0.1, 0.15) is 26.7 Å². The number of hydrogen-bond acceptors (Lipinski definition) is 3. The highest BCUT2D eigenvalue weighted by atomic mass is 16.2. The number of nitrogens with zero attached hydrogens (tertiary/aromatic N) is 1. The summed E-state index contributed by atoms with van der Waals surface area (Å²) in [7, 11) is 2.08. The van der Waals surface area contributed by atoms with Crippen LogP contribution >= 0.6 is 0 Å². The fourth-order valence-electron chi connectivity index (χ4n) is 1.88. The summed E-state index contributed by atoms with van der Waals surface area (Å²) in [5.74, 6) is 0.191. The fourth-order valence-corrected chi connectivity index (χ4v) is 1.88. The molecule has 15 heavy (non-hydrogen) atoms. The van der Waals surface area contributed by atoms with Crippen LogP contribution in [0.3, 0.4) is 0 Å². The highest BCUT2D eigenvalue weighted by molar-refractivity contribution is 5.82. The Morgan fingerprint density at radius 2 is 2.20 bits per heavy atom. The van der Waals surface area contributed by atoms with Crippen LogP contribution in [-0.2, 0) is 4.79 Å². The van der Waals surface area contributed by atoms with E-state index in [-0.39, 0.29) is 23.9 Å². The van der Waals surface area contributed by atoms with Gasteiger partial charge in [-0.15, -0.1) is 0 Å². The van der Waals surface area contributed by atoms with Gasteiger partial charge >= 0.3 is 0 Å². The molecule has 1 fully saturated rings. The molecule has 1 heterocycles. The van der Waals surface area contributed by atoms with Crippen molar-refractivity contribution in [3.05, 3.63) is 0 Å². The quantitative estimate of drug-likeness (QED) is 0.703. The summed E-state index contributed by atoms with van der Waals surface area (Å²) in [6, 6.07) is -0.0988. The summed E-state index contributed by atoms with van der Waals surface area (Å²) in [5, 5.41) is 3.02. The van der Waals surface area contributed by atoms with Crippen LogP contribution in [0.5, 0.6) is 0 Å². The monoisotopic (exact) mass is 213 g/mol. The predicted octanol–water partition coefficient (Wildman–Crippen LogP) is 0.180. The van der Waals surface area contributed by atoms with Crippen molar-refractivity contribution in [2.45, 2.75) is 38.8 Å². The molecule has 4 heteroatoms. The zero-order valence-corrected chi connectivity index (χ0v) is 9.99. The first-order valence-corrected chi connectivity index (χ1v) is 5.75. The molecule has 0 aromatic heterocycles. The number of nitrogens with two attached hydrogens (primary N) is 1. The van der Waals surface area contributed by atoms with Crippen molar-refractivity contribution in [2.24, 2.45) is 11.7 Å². The van der Waals surface area contributed by atoms with Gasteiger partial charge in [0.15, 0.2) is 0 Å². The van der Waals surface area contributed by atoms with Gasteiger partial charge in [-0.3, -0.25) is 4.79 Å². The second kappa shape index (κ2) is 5.47. The molecule has 0 radical (unpaired) electrons. The molecule has 0 aromatic carbocycles. The van der Waals surface area contributed by atoms with Crippen LogP contribution in [0.15, 0.2) is 0 Å². The Morgan fingerprint density at radius 3 is 2.73 bits per heavy atom. The van der Waals surface area contributed by atoms with E-state index in [4.69, 9.17) is 5.73 Å². The third-order valence-electron chi connectivity index (χ3n) is 2.99. The number of piperidine rings is 1. The fraction of sp³-hybridized carbons (Fsp3) is 0.909. The van der Waals surface area contributed by atoms with Gasteiger partial charge in [0.25, 0.3) is 0 Å². The van der Waals surface area contributed by atoms with Crippen LogP contribution in [0.25, 0.3) is 0 Å². The topological polar surface area (TPSA) is 58.4 Å². The zero-order chi connectivity index (χ0) is 11.4. The Bertz CT molecular complexity index is 218. The van der Waals surface area contributed by atoms with Crippen molar-refractivity contribution >= 4 is 5.91 Å². The third kappa shape index (κ3) is 3.80. The lowest BCUT2D eigenvalue weighted by atomic mass is 10.0. The predicted molar refractivity (Wildman–Crippen MR) is 61.5 cm³/mol. The maximum absolute atomic E-state index is 11.7. The lowest BCUT2D eigenvalue weighted by molar-refractivity contribution is -0.124. The standard InChI is InChI=1S/C11H23N3O/c1-8(2)10(12)11(15)13-9-5-4-6-14(3)7-9/h8-10H,4-7,12H2,1-3H3,(H,13,15)/t9-,10+/m1/s1. The Labute approximate surface area is 92.2 Å². The van der Waals surface area contributed by atoms with E-state index >= 15 is 0 Å².